The highest BCUT2D eigenvalue weighted by Gasteiger charge is 2.28. The van der Waals surface area contributed by atoms with Gasteiger partial charge in [-0.15, -0.1) is 0 Å². The summed E-state index contributed by atoms with van der Waals surface area (Å²) in [5.41, 5.74) is 5.75. The van der Waals surface area contributed by atoms with E-state index in [9.17, 15) is 4.79 Å². The molecule has 2 aromatic heterocycles. The van der Waals surface area contributed by atoms with Crippen LogP contribution in [0.15, 0.2) is 30.5 Å². The van der Waals surface area contributed by atoms with Crippen molar-refractivity contribution < 1.29 is 4.79 Å². The number of piperidine rings is 1. The van der Waals surface area contributed by atoms with Crippen molar-refractivity contribution >= 4 is 16.8 Å². The van der Waals surface area contributed by atoms with Crippen LogP contribution >= 0.6 is 0 Å². The number of nitrogens with one attached hydrogen (secondary N) is 2. The maximum Gasteiger partial charge on any atom is 0.256 e. The van der Waals surface area contributed by atoms with Crippen molar-refractivity contribution in [2.24, 2.45) is 0 Å². The molecule has 0 bridgehead atoms. The number of amides is 1. The van der Waals surface area contributed by atoms with Crippen molar-refractivity contribution in [2.45, 2.75) is 44.4 Å². The van der Waals surface area contributed by atoms with Gasteiger partial charge in [0.2, 0.25) is 0 Å². The fourth-order valence-corrected chi connectivity index (χ4v) is 4.69. The van der Waals surface area contributed by atoms with Gasteiger partial charge < -0.3 is 9.88 Å². The Kier molecular flexibility index (Phi) is 3.80. The molecule has 0 spiro atoms. The number of carbonyl (C=O) groups excluding carboxylic acids is 1. The van der Waals surface area contributed by atoms with Gasteiger partial charge in [-0.25, -0.2) is 0 Å². The summed E-state index contributed by atoms with van der Waals surface area (Å²) in [5.74, 6) is 0.504. The number of hydrogen-bond acceptors (Lipinski definition) is 2. The molecule has 26 heavy (non-hydrogen) atoms. The van der Waals surface area contributed by atoms with Crippen LogP contribution < -0.4 is 0 Å². The van der Waals surface area contributed by atoms with Gasteiger partial charge in [-0.3, -0.25) is 9.89 Å². The Morgan fingerprint density at radius 2 is 2.08 bits per heavy atom. The van der Waals surface area contributed by atoms with Crippen molar-refractivity contribution in [2.75, 3.05) is 13.1 Å². The Balaban J connectivity index is 1.47. The topological polar surface area (TPSA) is 64.8 Å². The second kappa shape index (κ2) is 6.31. The summed E-state index contributed by atoms with van der Waals surface area (Å²) in [6, 6.07) is 8.20. The summed E-state index contributed by atoms with van der Waals surface area (Å²) in [4.78, 5) is 18.9. The molecule has 1 aliphatic carbocycles. The molecule has 5 heteroatoms. The standard InChI is InChI=1S/C21H24N4O/c26-21(25-12-4-5-14(13-25)18-10-11-22-24-18)17-8-3-7-16-15-6-1-2-9-19(15)23-20(16)17/h3,7-8,10-11,14,23H,1-2,4-6,9,12-13H2,(H,22,24). The van der Waals surface area contributed by atoms with Crippen LogP contribution in [0.25, 0.3) is 10.9 Å². The highest BCUT2D eigenvalue weighted by atomic mass is 16.2. The lowest BCUT2D eigenvalue weighted by atomic mass is 9.93. The lowest BCUT2D eigenvalue weighted by Gasteiger charge is -2.32. The maximum absolute atomic E-state index is 13.3. The average molecular weight is 348 g/mol. The largest absolute Gasteiger partial charge is 0.358 e. The zero-order chi connectivity index (χ0) is 17.5. The van der Waals surface area contributed by atoms with E-state index in [0.29, 0.717) is 5.92 Å². The minimum atomic E-state index is 0.151. The molecule has 5 rings (SSSR count). The van der Waals surface area contributed by atoms with Crippen LogP contribution in [0.1, 0.15) is 58.9 Å². The first-order chi connectivity index (χ1) is 12.8. The van der Waals surface area contributed by atoms with Crippen molar-refractivity contribution in [3.05, 3.63) is 53.0 Å². The zero-order valence-corrected chi connectivity index (χ0v) is 14.9. The van der Waals surface area contributed by atoms with E-state index in [0.717, 1.165) is 55.5 Å². The molecule has 5 nitrogen and oxygen atoms in total. The third-order valence-corrected chi connectivity index (χ3v) is 6.03. The minimum absolute atomic E-state index is 0.151. The van der Waals surface area contributed by atoms with Crippen molar-refractivity contribution in [3.8, 4) is 0 Å². The minimum Gasteiger partial charge on any atom is -0.358 e. The fourth-order valence-electron chi connectivity index (χ4n) is 4.69. The number of likely N-dealkylation sites (tertiary alicyclic amines) is 1. The molecule has 2 aliphatic rings. The first-order valence-corrected chi connectivity index (χ1v) is 9.72. The molecule has 1 fully saturated rings. The van der Waals surface area contributed by atoms with Crippen LogP contribution in [0.2, 0.25) is 0 Å². The summed E-state index contributed by atoms with van der Waals surface area (Å²) >= 11 is 0. The van der Waals surface area contributed by atoms with Crippen LogP contribution in [0.3, 0.4) is 0 Å². The second-order valence-electron chi connectivity index (χ2n) is 7.62. The molecular weight excluding hydrogens is 324 g/mol. The molecule has 3 heterocycles. The van der Waals surface area contributed by atoms with Gasteiger partial charge in [0.1, 0.15) is 0 Å². The summed E-state index contributed by atoms with van der Waals surface area (Å²) in [5, 5.41) is 8.39. The molecule has 0 saturated carbocycles. The van der Waals surface area contributed by atoms with Gasteiger partial charge in [0.05, 0.1) is 11.1 Å². The summed E-state index contributed by atoms with van der Waals surface area (Å²) in [6.07, 6.45) is 8.64. The average Bonchev–Trinajstić information content (AvgIpc) is 3.35. The molecule has 3 aromatic rings. The van der Waals surface area contributed by atoms with Gasteiger partial charge in [-0.05, 0) is 56.2 Å². The van der Waals surface area contributed by atoms with Gasteiger partial charge >= 0.3 is 0 Å². The fraction of sp³-hybridized carbons (Fsp3) is 0.429. The number of fused-ring (bicyclic) bond motifs is 3. The van der Waals surface area contributed by atoms with E-state index in [1.54, 1.807) is 6.20 Å². The highest BCUT2D eigenvalue weighted by Crippen LogP contribution is 2.32. The number of nitrogens with zero attached hydrogens (tertiary/aromatic N) is 2. The molecule has 1 saturated heterocycles. The van der Waals surface area contributed by atoms with Crippen LogP contribution in [0.5, 0.6) is 0 Å². The van der Waals surface area contributed by atoms with Crippen molar-refractivity contribution in [3.63, 3.8) is 0 Å². The van der Waals surface area contributed by atoms with E-state index in [1.165, 1.54) is 29.5 Å². The molecule has 1 aromatic carbocycles. The Morgan fingerprint density at radius 1 is 1.15 bits per heavy atom. The third kappa shape index (κ3) is 2.54. The van der Waals surface area contributed by atoms with E-state index < -0.39 is 0 Å². The predicted octanol–water partition coefficient (Wildman–Crippen LogP) is 3.79. The molecule has 134 valence electrons. The molecule has 1 aliphatic heterocycles. The Labute approximate surface area is 152 Å². The van der Waals surface area contributed by atoms with E-state index in [-0.39, 0.29) is 5.91 Å². The number of aromatic amines is 2. The Bertz CT molecular complexity index is 940. The summed E-state index contributed by atoms with van der Waals surface area (Å²) < 4.78 is 0. The molecule has 0 radical (unpaired) electrons. The number of hydrogen-bond donors (Lipinski definition) is 2. The number of rotatable bonds is 2. The first kappa shape index (κ1) is 15.7. The SMILES string of the molecule is O=C(c1cccc2c3c([nH]c12)CCCC3)N1CCCC(c2ccn[nH]2)C1. The number of carbonyl (C=O) groups is 1. The predicted molar refractivity (Wildman–Crippen MR) is 101 cm³/mol. The van der Waals surface area contributed by atoms with E-state index >= 15 is 0 Å². The van der Waals surface area contributed by atoms with Gasteiger partial charge in [0.15, 0.2) is 0 Å². The van der Waals surface area contributed by atoms with Gasteiger partial charge in [0, 0.05) is 42.0 Å². The van der Waals surface area contributed by atoms with Crippen molar-refractivity contribution in [1.29, 1.82) is 0 Å². The lowest BCUT2D eigenvalue weighted by Crippen LogP contribution is -2.39. The lowest BCUT2D eigenvalue weighted by molar-refractivity contribution is 0.0707. The molecule has 1 atom stereocenters. The summed E-state index contributed by atoms with van der Waals surface area (Å²) in [7, 11) is 0. The highest BCUT2D eigenvalue weighted by molar-refractivity contribution is 6.06. The van der Waals surface area contributed by atoms with Crippen LogP contribution in [-0.4, -0.2) is 39.1 Å². The van der Waals surface area contributed by atoms with E-state index in [2.05, 4.69) is 21.2 Å². The quantitative estimate of drug-likeness (QED) is 0.740. The van der Waals surface area contributed by atoms with E-state index in [4.69, 9.17) is 0 Å². The Hall–Kier alpha value is -2.56. The number of benzene rings is 1. The van der Waals surface area contributed by atoms with Gasteiger partial charge in [0.25, 0.3) is 5.91 Å². The van der Waals surface area contributed by atoms with Gasteiger partial charge in [-0.2, -0.15) is 5.10 Å². The smallest absolute Gasteiger partial charge is 0.256 e. The van der Waals surface area contributed by atoms with Crippen LogP contribution in [0.4, 0.5) is 0 Å². The first-order valence-electron chi connectivity index (χ1n) is 9.72. The third-order valence-electron chi connectivity index (χ3n) is 6.03. The van der Waals surface area contributed by atoms with Gasteiger partial charge in [-0.1, -0.05) is 12.1 Å². The summed E-state index contributed by atoms with van der Waals surface area (Å²) in [6.45, 7) is 1.60. The number of para-hydroxylation sites is 1. The van der Waals surface area contributed by atoms with Crippen LogP contribution in [-0.2, 0) is 12.8 Å². The molecule has 1 unspecified atom stereocenters. The van der Waals surface area contributed by atoms with Crippen molar-refractivity contribution in [1.82, 2.24) is 20.1 Å². The van der Waals surface area contributed by atoms with E-state index in [1.807, 2.05) is 23.1 Å². The maximum atomic E-state index is 13.3. The molecular formula is C21H24N4O. The Morgan fingerprint density at radius 3 is 2.96 bits per heavy atom. The second-order valence-corrected chi connectivity index (χ2v) is 7.62. The number of aromatic nitrogens is 3. The zero-order valence-electron chi connectivity index (χ0n) is 14.9. The molecule has 2 N–H and O–H groups in total. The molecule has 1 amide bonds. The number of aryl methyl sites for hydroxylation is 2. The monoisotopic (exact) mass is 348 g/mol. The normalized spacial score (nSPS) is 20.3. The number of H-pyrrole nitrogens is 2. The van der Waals surface area contributed by atoms with Crippen LogP contribution in [0, 0.1) is 0 Å².